The van der Waals surface area contributed by atoms with Gasteiger partial charge in [0.05, 0.1) is 19.4 Å². The number of thiazole rings is 1. The summed E-state index contributed by atoms with van der Waals surface area (Å²) in [7, 11) is -4.00. The average molecular weight is 414 g/mol. The van der Waals surface area contributed by atoms with Gasteiger partial charge in [-0.25, -0.2) is 13.4 Å². The largest absolute Gasteiger partial charge is 0.494 e. The number of hydrogen-bond acceptors (Lipinski definition) is 8. The fraction of sp³-hybridized carbons (Fsp3) is 0.312. The highest BCUT2D eigenvalue weighted by Crippen LogP contribution is 2.26. The normalized spacial score (nSPS) is 11.0. The molecule has 0 fully saturated rings. The second-order valence-electron chi connectivity index (χ2n) is 5.15. The van der Waals surface area contributed by atoms with Crippen LogP contribution in [0.3, 0.4) is 0 Å². The number of nitrogens with zero attached hydrogens (tertiary/aromatic N) is 1. The Morgan fingerprint density at radius 3 is 2.26 bits per heavy atom. The number of sulfone groups is 1. The van der Waals surface area contributed by atoms with Gasteiger partial charge < -0.3 is 14.6 Å². The predicted octanol–water partition coefficient (Wildman–Crippen LogP) is 2.05. The second kappa shape index (κ2) is 8.82. The van der Waals surface area contributed by atoms with Gasteiger partial charge in [-0.15, -0.1) is 0 Å². The zero-order chi connectivity index (χ0) is 20.0. The van der Waals surface area contributed by atoms with E-state index in [1.165, 1.54) is 12.1 Å². The summed E-state index contributed by atoms with van der Waals surface area (Å²) in [6.07, 6.45) is 1.01. The van der Waals surface area contributed by atoms with Crippen molar-refractivity contribution < 1.29 is 32.6 Å². The van der Waals surface area contributed by atoms with Crippen LogP contribution in [0.4, 0.5) is 5.13 Å². The Labute approximate surface area is 159 Å². The Balaban J connectivity index is 2.21. The standard InChI is InChI=1S/C16H18N2O7S2/c1-3-24-11-5-10(6-12(7-11)25-4-2)15(21)18-16-17-8-14(26-16)27(22,23)9-13(19)20/h5-8H,3-4,9H2,1-2H3,(H,19,20)(H,17,18,21). The molecule has 27 heavy (non-hydrogen) atoms. The zero-order valence-electron chi connectivity index (χ0n) is 14.6. The van der Waals surface area contributed by atoms with Crippen molar-refractivity contribution >= 4 is 38.2 Å². The number of nitrogens with one attached hydrogen (secondary N) is 1. The number of aromatic nitrogens is 1. The van der Waals surface area contributed by atoms with Crippen LogP contribution in [0.25, 0.3) is 0 Å². The molecule has 0 saturated carbocycles. The topological polar surface area (TPSA) is 132 Å². The number of carbonyl (C=O) groups excluding carboxylic acids is 1. The molecule has 9 nitrogen and oxygen atoms in total. The molecule has 0 spiro atoms. The van der Waals surface area contributed by atoms with Crippen LogP contribution in [0, 0.1) is 0 Å². The number of aliphatic carboxylic acids is 1. The molecule has 2 N–H and O–H groups in total. The van der Waals surface area contributed by atoms with Gasteiger partial charge in [-0.05, 0) is 26.0 Å². The van der Waals surface area contributed by atoms with Crippen LogP contribution in [-0.4, -0.2) is 49.4 Å². The van der Waals surface area contributed by atoms with Gasteiger partial charge in [0.1, 0.15) is 15.7 Å². The molecular weight excluding hydrogens is 396 g/mol. The summed E-state index contributed by atoms with van der Waals surface area (Å²) in [5.41, 5.74) is 0.245. The molecule has 0 radical (unpaired) electrons. The Morgan fingerprint density at radius 1 is 1.15 bits per heavy atom. The maximum atomic E-state index is 12.5. The number of rotatable bonds is 9. The van der Waals surface area contributed by atoms with Gasteiger partial charge in [0.25, 0.3) is 5.91 Å². The van der Waals surface area contributed by atoms with E-state index < -0.39 is 27.5 Å². The predicted molar refractivity (Wildman–Crippen MR) is 98.5 cm³/mol. The molecule has 0 atom stereocenters. The van der Waals surface area contributed by atoms with E-state index in [2.05, 4.69) is 10.3 Å². The lowest BCUT2D eigenvalue weighted by Gasteiger charge is -2.10. The second-order valence-corrected chi connectivity index (χ2v) is 8.40. The van der Waals surface area contributed by atoms with Crippen LogP contribution in [0.15, 0.2) is 28.6 Å². The molecule has 1 amide bonds. The summed E-state index contributed by atoms with van der Waals surface area (Å²) in [6, 6.07) is 4.71. The number of carbonyl (C=O) groups is 2. The van der Waals surface area contributed by atoms with Crippen molar-refractivity contribution in [2.75, 3.05) is 24.3 Å². The van der Waals surface area contributed by atoms with Gasteiger partial charge >= 0.3 is 5.97 Å². The van der Waals surface area contributed by atoms with Gasteiger partial charge in [-0.2, -0.15) is 0 Å². The molecule has 1 heterocycles. The fourth-order valence-electron chi connectivity index (χ4n) is 2.07. The molecule has 0 bridgehead atoms. The highest BCUT2D eigenvalue weighted by atomic mass is 32.2. The third kappa shape index (κ3) is 5.66. The minimum atomic E-state index is -4.00. The first kappa shape index (κ1) is 20.6. The molecule has 0 aliphatic carbocycles. The maximum Gasteiger partial charge on any atom is 0.319 e. The number of anilines is 1. The molecule has 2 rings (SSSR count). The summed E-state index contributed by atoms with van der Waals surface area (Å²) in [6.45, 7) is 4.44. The molecule has 0 aliphatic rings. The highest BCUT2D eigenvalue weighted by Gasteiger charge is 2.22. The minimum absolute atomic E-state index is 0.0312. The summed E-state index contributed by atoms with van der Waals surface area (Å²) < 4.78 is 34.4. The summed E-state index contributed by atoms with van der Waals surface area (Å²) in [4.78, 5) is 26.9. The van der Waals surface area contributed by atoms with Gasteiger partial charge in [0.15, 0.2) is 20.7 Å². The van der Waals surface area contributed by atoms with Gasteiger partial charge in [0.2, 0.25) is 0 Å². The maximum absolute atomic E-state index is 12.5. The monoisotopic (exact) mass is 414 g/mol. The van der Waals surface area contributed by atoms with E-state index in [4.69, 9.17) is 14.6 Å². The van der Waals surface area contributed by atoms with E-state index >= 15 is 0 Å². The molecular formula is C16H18N2O7S2. The van der Waals surface area contributed by atoms with Crippen molar-refractivity contribution in [1.82, 2.24) is 4.98 Å². The highest BCUT2D eigenvalue weighted by molar-refractivity contribution is 7.94. The smallest absolute Gasteiger partial charge is 0.319 e. The Hall–Kier alpha value is -2.66. The van der Waals surface area contributed by atoms with E-state index in [0.29, 0.717) is 36.0 Å². The van der Waals surface area contributed by atoms with Crippen molar-refractivity contribution in [1.29, 1.82) is 0 Å². The third-order valence-electron chi connectivity index (χ3n) is 3.09. The number of carboxylic acids is 1. The Kier molecular flexibility index (Phi) is 6.75. The lowest BCUT2D eigenvalue weighted by molar-refractivity contribution is -0.134. The van der Waals surface area contributed by atoms with Crippen molar-refractivity contribution in [3.8, 4) is 11.5 Å². The lowest BCUT2D eigenvalue weighted by atomic mass is 10.2. The van der Waals surface area contributed by atoms with E-state index in [-0.39, 0.29) is 14.9 Å². The molecule has 0 saturated heterocycles. The molecule has 146 valence electrons. The number of ether oxygens (including phenoxy) is 2. The van der Waals surface area contributed by atoms with E-state index in [1.54, 1.807) is 6.07 Å². The van der Waals surface area contributed by atoms with E-state index in [1.807, 2.05) is 13.8 Å². The molecule has 1 aromatic heterocycles. The van der Waals surface area contributed by atoms with Crippen LogP contribution in [0.5, 0.6) is 11.5 Å². The third-order valence-corrected chi connectivity index (χ3v) is 6.15. The summed E-state index contributed by atoms with van der Waals surface area (Å²) >= 11 is 0.677. The van der Waals surface area contributed by atoms with Gasteiger partial charge in [-0.3, -0.25) is 14.9 Å². The van der Waals surface area contributed by atoms with Crippen LogP contribution >= 0.6 is 11.3 Å². The summed E-state index contributed by atoms with van der Waals surface area (Å²) in [5.74, 6) is -2.13. The molecule has 2 aromatic rings. The van der Waals surface area contributed by atoms with E-state index in [0.717, 1.165) is 6.20 Å². The molecule has 0 aliphatic heterocycles. The molecule has 11 heteroatoms. The Morgan fingerprint density at radius 2 is 1.74 bits per heavy atom. The first-order chi connectivity index (χ1) is 12.7. The van der Waals surface area contributed by atoms with Gasteiger partial charge in [0, 0.05) is 11.6 Å². The minimum Gasteiger partial charge on any atom is -0.494 e. The fourth-order valence-corrected chi connectivity index (χ4v) is 4.21. The first-order valence-corrected chi connectivity index (χ1v) is 10.3. The molecule has 1 aromatic carbocycles. The van der Waals surface area contributed by atoms with Crippen LogP contribution in [0.1, 0.15) is 24.2 Å². The quantitative estimate of drug-likeness (QED) is 0.637. The SMILES string of the molecule is CCOc1cc(OCC)cc(C(=O)Nc2ncc(S(=O)(=O)CC(=O)O)s2)c1. The zero-order valence-corrected chi connectivity index (χ0v) is 16.2. The van der Waals surface area contributed by atoms with Crippen molar-refractivity contribution in [3.05, 3.63) is 30.0 Å². The van der Waals surface area contributed by atoms with Gasteiger partial charge in [-0.1, -0.05) is 11.3 Å². The average Bonchev–Trinajstić information content (AvgIpc) is 3.03. The number of hydrogen-bond donors (Lipinski definition) is 2. The van der Waals surface area contributed by atoms with Crippen LogP contribution in [-0.2, 0) is 14.6 Å². The first-order valence-electron chi connectivity index (χ1n) is 7.87. The summed E-state index contributed by atoms with van der Waals surface area (Å²) in [5, 5.41) is 11.2. The van der Waals surface area contributed by atoms with Crippen LogP contribution in [0.2, 0.25) is 0 Å². The van der Waals surface area contributed by atoms with Crippen molar-refractivity contribution in [3.63, 3.8) is 0 Å². The Bertz CT molecular complexity index is 914. The number of benzene rings is 1. The number of carboxylic acid groups (broad SMARTS) is 1. The van der Waals surface area contributed by atoms with Crippen molar-refractivity contribution in [2.45, 2.75) is 18.1 Å². The molecule has 0 unspecified atom stereocenters. The van der Waals surface area contributed by atoms with E-state index in [9.17, 15) is 18.0 Å². The lowest BCUT2D eigenvalue weighted by Crippen LogP contribution is -2.14. The van der Waals surface area contributed by atoms with Crippen LogP contribution < -0.4 is 14.8 Å². The van der Waals surface area contributed by atoms with Crippen molar-refractivity contribution in [2.24, 2.45) is 0 Å². The number of amides is 1.